The summed E-state index contributed by atoms with van der Waals surface area (Å²) in [6.07, 6.45) is 5.87. The van der Waals surface area contributed by atoms with Crippen LogP contribution in [0.4, 0.5) is 4.79 Å². The minimum absolute atomic E-state index is 0.115. The Hall–Kier alpha value is -1.04. The molecule has 0 bridgehead atoms. The molecule has 0 unspecified atom stereocenters. The molecule has 6 heteroatoms. The standard InChI is InChI=1S/C11H20N2O3S/c1-10(6-9-17(2,15)16)12-11(14)13-7-4-3-5-8-13/h6,9-10H,3-5,7-8H2,1-2H3,(H,12,14)/b9-6+/t10-/m0/s1. The first-order chi connectivity index (χ1) is 7.88. The second-order valence-corrected chi connectivity index (χ2v) is 6.38. The van der Waals surface area contributed by atoms with Crippen molar-refractivity contribution >= 4 is 15.9 Å². The second-order valence-electron chi connectivity index (χ2n) is 4.44. The molecular weight excluding hydrogens is 240 g/mol. The molecule has 1 N–H and O–H groups in total. The summed E-state index contributed by atoms with van der Waals surface area (Å²) in [5.41, 5.74) is 0. The van der Waals surface area contributed by atoms with Crippen molar-refractivity contribution < 1.29 is 13.2 Å². The van der Waals surface area contributed by atoms with E-state index in [0.29, 0.717) is 0 Å². The number of urea groups is 1. The zero-order valence-corrected chi connectivity index (χ0v) is 11.2. The van der Waals surface area contributed by atoms with Crippen molar-refractivity contribution in [2.75, 3.05) is 19.3 Å². The molecule has 0 aromatic carbocycles. The van der Waals surface area contributed by atoms with Crippen LogP contribution >= 0.6 is 0 Å². The van der Waals surface area contributed by atoms with E-state index >= 15 is 0 Å². The van der Waals surface area contributed by atoms with E-state index in [2.05, 4.69) is 5.32 Å². The number of carbonyl (C=O) groups is 1. The monoisotopic (exact) mass is 260 g/mol. The highest BCUT2D eigenvalue weighted by Gasteiger charge is 2.16. The van der Waals surface area contributed by atoms with E-state index in [0.717, 1.165) is 37.6 Å². The number of likely N-dealkylation sites (tertiary alicyclic amines) is 1. The molecule has 1 aliphatic rings. The Balaban J connectivity index is 2.42. The van der Waals surface area contributed by atoms with Gasteiger partial charge in [-0.25, -0.2) is 13.2 Å². The van der Waals surface area contributed by atoms with Gasteiger partial charge in [0.2, 0.25) is 0 Å². The van der Waals surface area contributed by atoms with Gasteiger partial charge in [0, 0.05) is 30.8 Å². The maximum absolute atomic E-state index is 11.8. The Morgan fingerprint density at radius 3 is 2.41 bits per heavy atom. The highest BCUT2D eigenvalue weighted by atomic mass is 32.2. The van der Waals surface area contributed by atoms with Crippen LogP contribution in [0.3, 0.4) is 0 Å². The maximum atomic E-state index is 11.8. The number of carbonyl (C=O) groups excluding carboxylic acids is 1. The first kappa shape index (κ1) is 14.0. The zero-order valence-electron chi connectivity index (χ0n) is 10.3. The van der Waals surface area contributed by atoms with E-state index in [1.54, 1.807) is 11.8 Å². The van der Waals surface area contributed by atoms with Crippen LogP contribution in [0, 0.1) is 0 Å². The Labute approximate surface area is 103 Å². The van der Waals surface area contributed by atoms with Crippen molar-refractivity contribution in [2.45, 2.75) is 32.2 Å². The van der Waals surface area contributed by atoms with Crippen LogP contribution in [0.5, 0.6) is 0 Å². The maximum Gasteiger partial charge on any atom is 0.317 e. The van der Waals surface area contributed by atoms with Crippen LogP contribution in [0.2, 0.25) is 0 Å². The molecule has 1 heterocycles. The number of hydrogen-bond donors (Lipinski definition) is 1. The average molecular weight is 260 g/mol. The lowest BCUT2D eigenvalue weighted by molar-refractivity contribution is 0.185. The molecule has 1 saturated heterocycles. The van der Waals surface area contributed by atoms with Crippen molar-refractivity contribution in [1.29, 1.82) is 0 Å². The summed E-state index contributed by atoms with van der Waals surface area (Å²) < 4.78 is 21.8. The lowest BCUT2D eigenvalue weighted by Gasteiger charge is -2.27. The molecule has 1 aliphatic heterocycles. The normalized spacial score (nSPS) is 19.3. The quantitative estimate of drug-likeness (QED) is 0.827. The van der Waals surface area contributed by atoms with Gasteiger partial charge in [-0.05, 0) is 26.2 Å². The molecule has 1 atom stereocenters. The van der Waals surface area contributed by atoms with Crippen LogP contribution < -0.4 is 5.32 Å². The highest BCUT2D eigenvalue weighted by molar-refractivity contribution is 7.93. The predicted molar refractivity (Wildman–Crippen MR) is 67.4 cm³/mol. The van der Waals surface area contributed by atoms with Gasteiger partial charge in [-0.15, -0.1) is 0 Å². The summed E-state index contributed by atoms with van der Waals surface area (Å²) >= 11 is 0. The van der Waals surface area contributed by atoms with Crippen molar-refractivity contribution in [3.05, 3.63) is 11.5 Å². The summed E-state index contributed by atoms with van der Waals surface area (Å²) in [5.74, 6) is 0. The van der Waals surface area contributed by atoms with Gasteiger partial charge in [-0.2, -0.15) is 0 Å². The van der Waals surface area contributed by atoms with Gasteiger partial charge in [0.05, 0.1) is 0 Å². The minimum atomic E-state index is -3.13. The van der Waals surface area contributed by atoms with Gasteiger partial charge < -0.3 is 10.2 Å². The van der Waals surface area contributed by atoms with Crippen molar-refractivity contribution in [1.82, 2.24) is 10.2 Å². The van der Waals surface area contributed by atoms with Crippen molar-refractivity contribution in [2.24, 2.45) is 0 Å². The molecule has 98 valence electrons. The van der Waals surface area contributed by atoms with Crippen LogP contribution in [0.25, 0.3) is 0 Å². The number of piperidine rings is 1. The second kappa shape index (κ2) is 6.05. The topological polar surface area (TPSA) is 66.5 Å². The fraction of sp³-hybridized carbons (Fsp3) is 0.727. The molecule has 0 saturated carbocycles. The molecule has 0 aliphatic carbocycles. The smallest absolute Gasteiger partial charge is 0.317 e. The van der Waals surface area contributed by atoms with Crippen LogP contribution in [-0.4, -0.2) is 44.7 Å². The number of rotatable bonds is 3. The van der Waals surface area contributed by atoms with Crippen molar-refractivity contribution in [3.63, 3.8) is 0 Å². The number of hydrogen-bond acceptors (Lipinski definition) is 3. The van der Waals surface area contributed by atoms with Gasteiger partial charge in [0.15, 0.2) is 9.84 Å². The number of sulfone groups is 1. The van der Waals surface area contributed by atoms with E-state index in [4.69, 9.17) is 0 Å². The molecule has 2 amide bonds. The van der Waals surface area contributed by atoms with Crippen LogP contribution in [0.15, 0.2) is 11.5 Å². The predicted octanol–water partition coefficient (Wildman–Crippen LogP) is 1.13. The van der Waals surface area contributed by atoms with Gasteiger partial charge in [0.25, 0.3) is 0 Å². The Kier molecular flexibility index (Phi) is 4.99. The first-order valence-corrected chi connectivity index (χ1v) is 7.77. The SMILES string of the molecule is C[C@@H](/C=C/S(C)(=O)=O)NC(=O)N1CCCCC1. The third-order valence-corrected chi connectivity index (χ3v) is 3.26. The minimum Gasteiger partial charge on any atom is -0.332 e. The van der Waals surface area contributed by atoms with Gasteiger partial charge >= 0.3 is 6.03 Å². The largest absolute Gasteiger partial charge is 0.332 e. The summed E-state index contributed by atoms with van der Waals surface area (Å²) in [6.45, 7) is 3.33. The number of nitrogens with zero attached hydrogens (tertiary/aromatic N) is 1. The lowest BCUT2D eigenvalue weighted by Crippen LogP contribution is -2.45. The molecular formula is C11H20N2O3S. The number of amides is 2. The fourth-order valence-electron chi connectivity index (χ4n) is 1.69. The van der Waals surface area contributed by atoms with Crippen molar-refractivity contribution in [3.8, 4) is 0 Å². The average Bonchev–Trinajstić information content (AvgIpc) is 2.27. The Morgan fingerprint density at radius 1 is 1.29 bits per heavy atom. The summed E-state index contributed by atoms with van der Waals surface area (Å²) in [4.78, 5) is 13.5. The van der Waals surface area contributed by atoms with Gasteiger partial charge in [-0.3, -0.25) is 0 Å². The van der Waals surface area contributed by atoms with Crippen LogP contribution in [-0.2, 0) is 9.84 Å². The van der Waals surface area contributed by atoms with E-state index in [-0.39, 0.29) is 12.1 Å². The molecule has 1 fully saturated rings. The fourth-order valence-corrected chi connectivity index (χ4v) is 2.21. The molecule has 17 heavy (non-hydrogen) atoms. The molecule has 5 nitrogen and oxygen atoms in total. The zero-order chi connectivity index (χ0) is 12.9. The first-order valence-electron chi connectivity index (χ1n) is 5.82. The highest BCUT2D eigenvalue weighted by Crippen LogP contribution is 2.08. The van der Waals surface area contributed by atoms with Gasteiger partial charge in [0.1, 0.15) is 0 Å². The van der Waals surface area contributed by atoms with Gasteiger partial charge in [-0.1, -0.05) is 6.08 Å². The van der Waals surface area contributed by atoms with E-state index in [1.165, 1.54) is 12.5 Å². The summed E-state index contributed by atoms with van der Waals surface area (Å²) in [5, 5.41) is 3.88. The third kappa shape index (κ3) is 5.72. The summed E-state index contributed by atoms with van der Waals surface area (Å²) in [7, 11) is -3.13. The Bertz CT molecular complexity index is 384. The van der Waals surface area contributed by atoms with E-state index in [9.17, 15) is 13.2 Å². The third-order valence-electron chi connectivity index (χ3n) is 2.61. The molecule has 0 spiro atoms. The molecule has 1 rings (SSSR count). The van der Waals surface area contributed by atoms with E-state index < -0.39 is 9.84 Å². The summed E-state index contributed by atoms with van der Waals surface area (Å²) in [6, 6.07) is -0.394. The molecule has 0 radical (unpaired) electrons. The molecule has 0 aromatic heterocycles. The Morgan fingerprint density at radius 2 is 1.88 bits per heavy atom. The lowest BCUT2D eigenvalue weighted by atomic mass is 10.1. The molecule has 0 aromatic rings. The van der Waals surface area contributed by atoms with E-state index in [1.807, 2.05) is 0 Å². The van der Waals surface area contributed by atoms with Crippen LogP contribution in [0.1, 0.15) is 26.2 Å². The number of nitrogens with one attached hydrogen (secondary N) is 1.